The molecule has 1 spiro atoms. The van der Waals surface area contributed by atoms with Gasteiger partial charge in [-0.15, -0.1) is 11.3 Å². The van der Waals surface area contributed by atoms with Crippen molar-refractivity contribution in [3.05, 3.63) is 16.1 Å². The molecule has 0 bridgehead atoms. The molecule has 1 aromatic heterocycles. The van der Waals surface area contributed by atoms with Crippen LogP contribution in [0.5, 0.6) is 0 Å². The maximum Gasteiger partial charge on any atom is 0.232 e. The highest BCUT2D eigenvalue weighted by Gasteiger charge is 2.64. The summed E-state index contributed by atoms with van der Waals surface area (Å²) in [6.07, 6.45) is 8.39. The van der Waals surface area contributed by atoms with E-state index in [9.17, 15) is 9.59 Å². The van der Waals surface area contributed by atoms with Gasteiger partial charge in [0.05, 0.1) is 27.5 Å². The normalized spacial score (nSPS) is 28.7. The molecule has 1 aromatic rings. The van der Waals surface area contributed by atoms with Crippen molar-refractivity contribution in [2.24, 2.45) is 11.3 Å². The summed E-state index contributed by atoms with van der Waals surface area (Å²) in [5.74, 6) is 1.02. The van der Waals surface area contributed by atoms with Gasteiger partial charge in [-0.25, -0.2) is 4.98 Å². The van der Waals surface area contributed by atoms with Crippen molar-refractivity contribution in [3.8, 4) is 0 Å². The van der Waals surface area contributed by atoms with E-state index in [0.717, 1.165) is 57.3 Å². The molecule has 3 heterocycles. The van der Waals surface area contributed by atoms with Crippen LogP contribution in [0, 0.1) is 18.3 Å². The van der Waals surface area contributed by atoms with Crippen LogP contribution in [-0.2, 0) is 9.59 Å². The number of aromatic nitrogens is 1. The lowest BCUT2D eigenvalue weighted by molar-refractivity contribution is -0.180. The van der Waals surface area contributed by atoms with E-state index in [1.54, 1.807) is 11.3 Å². The summed E-state index contributed by atoms with van der Waals surface area (Å²) in [6, 6.07) is 0.504. The SMILES string of the molecule is Cc1ncsc1C1N(C2CCN(C(=O)C3CC3)CC2)C(=O)C12CCCC2. The summed E-state index contributed by atoms with van der Waals surface area (Å²) >= 11 is 1.71. The number of carbonyl (C=O) groups excluding carboxylic acids is 2. The highest BCUT2D eigenvalue weighted by atomic mass is 32.1. The van der Waals surface area contributed by atoms with E-state index in [1.165, 1.54) is 17.7 Å². The quantitative estimate of drug-likeness (QED) is 0.764. The van der Waals surface area contributed by atoms with Gasteiger partial charge in [-0.3, -0.25) is 9.59 Å². The van der Waals surface area contributed by atoms with Crippen LogP contribution >= 0.6 is 11.3 Å². The van der Waals surface area contributed by atoms with Gasteiger partial charge in [0.15, 0.2) is 0 Å². The van der Waals surface area contributed by atoms with Gasteiger partial charge in [-0.2, -0.15) is 0 Å². The number of hydrogen-bond acceptors (Lipinski definition) is 4. The summed E-state index contributed by atoms with van der Waals surface area (Å²) in [5, 5.41) is 0. The zero-order chi connectivity index (χ0) is 17.9. The van der Waals surface area contributed by atoms with Gasteiger partial charge in [-0.05, 0) is 45.4 Å². The molecule has 2 aliphatic carbocycles. The number of nitrogens with zero attached hydrogens (tertiary/aromatic N) is 3. The van der Waals surface area contributed by atoms with Crippen molar-refractivity contribution < 1.29 is 9.59 Å². The minimum atomic E-state index is -0.155. The number of amides is 2. The molecule has 26 heavy (non-hydrogen) atoms. The van der Waals surface area contributed by atoms with Crippen molar-refractivity contribution in [2.45, 2.75) is 70.4 Å². The lowest BCUT2D eigenvalue weighted by atomic mass is 9.67. The van der Waals surface area contributed by atoms with Crippen molar-refractivity contribution in [1.82, 2.24) is 14.8 Å². The lowest BCUT2D eigenvalue weighted by Crippen LogP contribution is -2.66. The van der Waals surface area contributed by atoms with Gasteiger partial charge in [0.25, 0.3) is 0 Å². The fourth-order valence-electron chi connectivity index (χ4n) is 5.46. The second-order valence-corrected chi connectivity index (χ2v) is 9.50. The van der Waals surface area contributed by atoms with Gasteiger partial charge in [-0.1, -0.05) is 12.8 Å². The van der Waals surface area contributed by atoms with Crippen molar-refractivity contribution in [1.29, 1.82) is 0 Å². The third-order valence-electron chi connectivity index (χ3n) is 7.08. The second-order valence-electron chi connectivity index (χ2n) is 8.61. The molecule has 140 valence electrons. The van der Waals surface area contributed by atoms with Crippen LogP contribution < -0.4 is 0 Å². The molecule has 0 radical (unpaired) electrons. The molecule has 1 atom stereocenters. The van der Waals surface area contributed by atoms with Crippen LogP contribution in [-0.4, -0.2) is 45.7 Å². The molecule has 0 aromatic carbocycles. The summed E-state index contributed by atoms with van der Waals surface area (Å²) in [5.41, 5.74) is 2.86. The van der Waals surface area contributed by atoms with Crippen LogP contribution in [0.3, 0.4) is 0 Å². The molecule has 5 rings (SSSR count). The minimum Gasteiger partial charge on any atom is -0.342 e. The smallest absolute Gasteiger partial charge is 0.232 e. The predicted octanol–water partition coefficient (Wildman–Crippen LogP) is 3.30. The van der Waals surface area contributed by atoms with E-state index in [0.29, 0.717) is 17.7 Å². The Morgan fingerprint density at radius 3 is 2.46 bits per heavy atom. The highest BCUT2D eigenvalue weighted by molar-refractivity contribution is 7.09. The van der Waals surface area contributed by atoms with E-state index in [-0.39, 0.29) is 17.5 Å². The van der Waals surface area contributed by atoms with Gasteiger partial charge < -0.3 is 9.80 Å². The van der Waals surface area contributed by atoms with Crippen LogP contribution in [0.4, 0.5) is 0 Å². The molecule has 2 aliphatic heterocycles. The standard InChI is InChI=1S/C20H27N3O2S/c1-13-16(26-12-21-13)17-20(8-2-3-9-20)19(25)23(17)15-6-10-22(11-7-15)18(24)14-4-5-14/h12,14-15,17H,2-11H2,1H3. The second kappa shape index (κ2) is 6.04. The van der Waals surface area contributed by atoms with E-state index in [4.69, 9.17) is 0 Å². The predicted molar refractivity (Wildman–Crippen MR) is 99.7 cm³/mol. The molecule has 4 fully saturated rings. The largest absolute Gasteiger partial charge is 0.342 e. The Bertz CT molecular complexity index is 727. The molecular weight excluding hydrogens is 346 g/mol. The maximum absolute atomic E-state index is 13.3. The highest BCUT2D eigenvalue weighted by Crippen LogP contribution is 2.61. The van der Waals surface area contributed by atoms with Crippen LogP contribution in [0.25, 0.3) is 0 Å². The average Bonchev–Trinajstić information content (AvgIpc) is 3.22. The van der Waals surface area contributed by atoms with E-state index in [1.807, 2.05) is 10.4 Å². The van der Waals surface area contributed by atoms with Crippen molar-refractivity contribution >= 4 is 23.2 Å². The molecule has 5 nitrogen and oxygen atoms in total. The summed E-state index contributed by atoms with van der Waals surface area (Å²) < 4.78 is 0. The van der Waals surface area contributed by atoms with E-state index < -0.39 is 0 Å². The zero-order valence-corrected chi connectivity index (χ0v) is 16.3. The average molecular weight is 374 g/mol. The van der Waals surface area contributed by atoms with Crippen molar-refractivity contribution in [3.63, 3.8) is 0 Å². The number of β-lactam (4-membered cyclic amide) rings is 1. The third kappa shape index (κ3) is 2.37. The Hall–Kier alpha value is -1.43. The third-order valence-corrected chi connectivity index (χ3v) is 8.07. The molecular formula is C20H27N3O2S. The molecule has 2 saturated carbocycles. The van der Waals surface area contributed by atoms with Gasteiger partial charge in [0.1, 0.15) is 0 Å². The van der Waals surface area contributed by atoms with Crippen LogP contribution in [0.2, 0.25) is 0 Å². The Morgan fingerprint density at radius 2 is 1.88 bits per heavy atom. The lowest BCUT2D eigenvalue weighted by Gasteiger charge is -2.58. The first-order valence-corrected chi connectivity index (χ1v) is 11.0. The zero-order valence-electron chi connectivity index (χ0n) is 15.4. The number of rotatable bonds is 3. The Labute approximate surface area is 158 Å². The maximum atomic E-state index is 13.3. The fraction of sp³-hybridized carbons (Fsp3) is 0.750. The first-order chi connectivity index (χ1) is 12.6. The molecule has 4 aliphatic rings. The molecule has 0 N–H and O–H groups in total. The summed E-state index contributed by atoms with van der Waals surface area (Å²) in [7, 11) is 0. The van der Waals surface area contributed by atoms with Crippen LogP contribution in [0.15, 0.2) is 5.51 Å². The Morgan fingerprint density at radius 1 is 1.19 bits per heavy atom. The van der Waals surface area contributed by atoms with E-state index in [2.05, 4.69) is 16.8 Å². The minimum absolute atomic E-state index is 0.155. The van der Waals surface area contributed by atoms with Gasteiger partial charge in [0, 0.05) is 25.0 Å². The number of likely N-dealkylation sites (tertiary alicyclic amines) is 2. The first kappa shape index (κ1) is 16.7. The number of carbonyl (C=O) groups is 2. The number of aryl methyl sites for hydroxylation is 1. The monoisotopic (exact) mass is 373 g/mol. The summed E-state index contributed by atoms with van der Waals surface area (Å²) in [6.45, 7) is 3.70. The van der Waals surface area contributed by atoms with Gasteiger partial charge in [0.2, 0.25) is 11.8 Å². The molecule has 2 saturated heterocycles. The first-order valence-electron chi connectivity index (χ1n) is 10.1. The fourth-order valence-corrected chi connectivity index (χ4v) is 6.48. The van der Waals surface area contributed by atoms with Gasteiger partial charge >= 0.3 is 0 Å². The molecule has 1 unspecified atom stereocenters. The molecule has 2 amide bonds. The van der Waals surface area contributed by atoms with Crippen molar-refractivity contribution in [2.75, 3.05) is 13.1 Å². The summed E-state index contributed by atoms with van der Waals surface area (Å²) in [4.78, 5) is 35.6. The number of piperidine rings is 1. The number of thiazole rings is 1. The number of hydrogen-bond donors (Lipinski definition) is 0. The molecule has 6 heteroatoms. The Kier molecular flexibility index (Phi) is 3.89. The topological polar surface area (TPSA) is 53.5 Å². The van der Waals surface area contributed by atoms with E-state index >= 15 is 0 Å². The Balaban J connectivity index is 1.35. The van der Waals surface area contributed by atoms with Crippen LogP contribution in [0.1, 0.15) is 68.0 Å².